The lowest BCUT2D eigenvalue weighted by Gasteiger charge is -2.24. The largest absolute Gasteiger partial charge is 0.303 e. The Bertz CT molecular complexity index is 109. The van der Waals surface area contributed by atoms with Crippen LogP contribution in [0, 0.1) is 11.8 Å². The zero-order valence-corrected chi connectivity index (χ0v) is 6.68. The molecule has 0 spiro atoms. The molecule has 10 heavy (non-hydrogen) atoms. The number of rotatable bonds is 2. The van der Waals surface area contributed by atoms with Crippen molar-refractivity contribution in [2.75, 3.05) is 0 Å². The quantitative estimate of drug-likeness (QED) is 0.538. The molecule has 2 unspecified atom stereocenters. The Kier molecular flexibility index (Phi) is 2.91. The van der Waals surface area contributed by atoms with Crippen molar-refractivity contribution >= 4 is 6.29 Å². The van der Waals surface area contributed by atoms with Crippen molar-refractivity contribution in [2.24, 2.45) is 11.8 Å². The van der Waals surface area contributed by atoms with Crippen LogP contribution >= 0.6 is 0 Å². The van der Waals surface area contributed by atoms with E-state index in [1.807, 2.05) is 0 Å². The van der Waals surface area contributed by atoms with E-state index in [9.17, 15) is 4.79 Å². The number of carbonyl (C=O) groups is 1. The summed E-state index contributed by atoms with van der Waals surface area (Å²) >= 11 is 0. The molecule has 2 atom stereocenters. The van der Waals surface area contributed by atoms with Gasteiger partial charge in [0.05, 0.1) is 0 Å². The molecule has 1 fully saturated rings. The maximum atomic E-state index is 10.4. The maximum Gasteiger partial charge on any atom is 0.123 e. The number of carbonyl (C=O) groups excluding carboxylic acids is 1. The van der Waals surface area contributed by atoms with Crippen molar-refractivity contribution in [2.45, 2.75) is 39.0 Å². The fraction of sp³-hybridized carbons (Fsp3) is 0.889. The molecule has 0 bridgehead atoms. The molecule has 1 nitrogen and oxygen atoms in total. The van der Waals surface area contributed by atoms with Crippen LogP contribution in [-0.2, 0) is 4.79 Å². The lowest BCUT2D eigenvalue weighted by atomic mass is 9.81. The van der Waals surface area contributed by atoms with Crippen LogP contribution in [0.3, 0.4) is 0 Å². The third kappa shape index (κ3) is 1.83. The van der Waals surface area contributed by atoms with E-state index in [1.165, 1.54) is 19.3 Å². The lowest BCUT2D eigenvalue weighted by molar-refractivity contribution is -0.112. The maximum absolute atomic E-state index is 10.4. The Morgan fingerprint density at radius 3 is 2.90 bits per heavy atom. The first-order valence-corrected chi connectivity index (χ1v) is 4.32. The molecule has 0 saturated heterocycles. The molecule has 0 amide bonds. The summed E-state index contributed by atoms with van der Waals surface area (Å²) < 4.78 is 0. The van der Waals surface area contributed by atoms with Crippen LogP contribution < -0.4 is 0 Å². The Balaban J connectivity index is 2.31. The topological polar surface area (TPSA) is 17.1 Å². The summed E-state index contributed by atoms with van der Waals surface area (Å²) in [5.41, 5.74) is 0. The fourth-order valence-electron chi connectivity index (χ4n) is 1.83. The summed E-state index contributed by atoms with van der Waals surface area (Å²) in [4.78, 5) is 10.4. The average molecular weight is 140 g/mol. The summed E-state index contributed by atoms with van der Waals surface area (Å²) in [7, 11) is 0. The molecule has 1 saturated carbocycles. The highest BCUT2D eigenvalue weighted by Gasteiger charge is 2.19. The van der Waals surface area contributed by atoms with Gasteiger partial charge in [-0.2, -0.15) is 0 Å². The first-order valence-electron chi connectivity index (χ1n) is 4.32. The monoisotopic (exact) mass is 140 g/mol. The molecule has 0 aliphatic heterocycles. The van der Waals surface area contributed by atoms with Crippen molar-refractivity contribution in [3.63, 3.8) is 0 Å². The van der Waals surface area contributed by atoms with Crippen LogP contribution in [0.25, 0.3) is 0 Å². The van der Waals surface area contributed by atoms with Crippen LogP contribution in [0.15, 0.2) is 0 Å². The molecular formula is C9H16O. The summed E-state index contributed by atoms with van der Waals surface area (Å²) in [5, 5.41) is 0. The van der Waals surface area contributed by atoms with Crippen LogP contribution in [0.4, 0.5) is 0 Å². The van der Waals surface area contributed by atoms with Crippen molar-refractivity contribution in [1.29, 1.82) is 0 Å². The molecule has 1 aliphatic rings. The smallest absolute Gasteiger partial charge is 0.123 e. The molecular weight excluding hydrogens is 124 g/mol. The SMILES string of the molecule is CCC1CCCC(C=O)C1. The van der Waals surface area contributed by atoms with Crippen LogP contribution in [0.5, 0.6) is 0 Å². The average Bonchev–Trinajstić information content (AvgIpc) is 2.05. The molecule has 0 aromatic heterocycles. The van der Waals surface area contributed by atoms with Crippen molar-refractivity contribution in [3.8, 4) is 0 Å². The number of aldehydes is 1. The Morgan fingerprint density at radius 1 is 1.50 bits per heavy atom. The highest BCUT2D eigenvalue weighted by Crippen LogP contribution is 2.29. The Morgan fingerprint density at radius 2 is 2.30 bits per heavy atom. The molecule has 0 heterocycles. The second kappa shape index (κ2) is 3.75. The van der Waals surface area contributed by atoms with Gasteiger partial charge in [0.1, 0.15) is 6.29 Å². The van der Waals surface area contributed by atoms with Gasteiger partial charge in [0.2, 0.25) is 0 Å². The second-order valence-corrected chi connectivity index (χ2v) is 3.34. The standard InChI is InChI=1S/C9H16O/c1-2-8-4-3-5-9(6-8)7-10/h7-9H,2-6H2,1H3. The molecule has 0 N–H and O–H groups in total. The molecule has 0 radical (unpaired) electrons. The minimum absolute atomic E-state index is 0.388. The van der Waals surface area contributed by atoms with Crippen molar-refractivity contribution in [3.05, 3.63) is 0 Å². The highest BCUT2D eigenvalue weighted by atomic mass is 16.1. The summed E-state index contributed by atoms with van der Waals surface area (Å²) in [6, 6.07) is 0. The van der Waals surface area contributed by atoms with Gasteiger partial charge in [-0.15, -0.1) is 0 Å². The van der Waals surface area contributed by atoms with Gasteiger partial charge in [0.15, 0.2) is 0 Å². The summed E-state index contributed by atoms with van der Waals surface area (Å²) in [5.74, 6) is 1.22. The van der Waals surface area contributed by atoms with E-state index >= 15 is 0 Å². The normalized spacial score (nSPS) is 33.7. The third-order valence-electron chi connectivity index (χ3n) is 2.59. The van der Waals surface area contributed by atoms with Gasteiger partial charge in [-0.05, 0) is 18.8 Å². The second-order valence-electron chi connectivity index (χ2n) is 3.34. The van der Waals surface area contributed by atoms with Gasteiger partial charge in [0.25, 0.3) is 0 Å². The van der Waals surface area contributed by atoms with E-state index in [-0.39, 0.29) is 0 Å². The van der Waals surface area contributed by atoms with Crippen molar-refractivity contribution in [1.82, 2.24) is 0 Å². The van der Waals surface area contributed by atoms with Gasteiger partial charge < -0.3 is 4.79 Å². The van der Waals surface area contributed by atoms with E-state index in [1.54, 1.807) is 0 Å². The summed E-state index contributed by atoms with van der Waals surface area (Å²) in [6.45, 7) is 2.22. The van der Waals surface area contributed by atoms with Gasteiger partial charge in [-0.1, -0.05) is 26.2 Å². The summed E-state index contributed by atoms with van der Waals surface area (Å²) in [6.07, 6.45) is 7.30. The van der Waals surface area contributed by atoms with Gasteiger partial charge in [-0.25, -0.2) is 0 Å². The van der Waals surface area contributed by atoms with E-state index in [4.69, 9.17) is 0 Å². The van der Waals surface area contributed by atoms with E-state index < -0.39 is 0 Å². The molecule has 1 rings (SSSR count). The number of hydrogen-bond donors (Lipinski definition) is 0. The Labute approximate surface area is 62.8 Å². The first-order chi connectivity index (χ1) is 4.86. The van der Waals surface area contributed by atoms with Crippen LogP contribution in [0.1, 0.15) is 39.0 Å². The van der Waals surface area contributed by atoms with E-state index in [0.29, 0.717) is 5.92 Å². The van der Waals surface area contributed by atoms with Gasteiger partial charge >= 0.3 is 0 Å². The zero-order chi connectivity index (χ0) is 7.40. The van der Waals surface area contributed by atoms with E-state index in [0.717, 1.165) is 25.0 Å². The minimum atomic E-state index is 0.388. The lowest BCUT2D eigenvalue weighted by Crippen LogP contribution is -2.15. The highest BCUT2D eigenvalue weighted by molar-refractivity contribution is 5.53. The molecule has 58 valence electrons. The van der Waals surface area contributed by atoms with Crippen LogP contribution in [0.2, 0.25) is 0 Å². The first kappa shape index (κ1) is 7.77. The third-order valence-corrected chi connectivity index (χ3v) is 2.59. The Hall–Kier alpha value is -0.330. The van der Waals surface area contributed by atoms with Gasteiger partial charge in [-0.3, -0.25) is 0 Å². The zero-order valence-electron chi connectivity index (χ0n) is 6.68. The predicted molar refractivity (Wildman–Crippen MR) is 41.8 cm³/mol. The predicted octanol–water partition coefficient (Wildman–Crippen LogP) is 2.40. The van der Waals surface area contributed by atoms with Crippen molar-refractivity contribution < 1.29 is 4.79 Å². The van der Waals surface area contributed by atoms with E-state index in [2.05, 4.69) is 6.92 Å². The fourth-order valence-corrected chi connectivity index (χ4v) is 1.83. The van der Waals surface area contributed by atoms with Gasteiger partial charge in [0, 0.05) is 5.92 Å². The molecule has 0 aromatic carbocycles. The minimum Gasteiger partial charge on any atom is -0.303 e. The number of hydrogen-bond acceptors (Lipinski definition) is 1. The molecule has 0 aromatic rings. The van der Waals surface area contributed by atoms with Crippen LogP contribution in [-0.4, -0.2) is 6.29 Å². The molecule has 1 aliphatic carbocycles. The molecule has 1 heteroatoms.